The van der Waals surface area contributed by atoms with E-state index in [9.17, 15) is 4.79 Å². The van der Waals surface area contributed by atoms with Crippen LogP contribution >= 0.6 is 0 Å². The van der Waals surface area contributed by atoms with E-state index in [0.717, 1.165) is 45.0 Å². The van der Waals surface area contributed by atoms with Crippen molar-refractivity contribution in [2.45, 2.75) is 83.0 Å². The Hall–Kier alpha value is -1.39. The largest absolute Gasteiger partial charge is 0.385 e. The molecule has 1 saturated carbocycles. The second-order valence-corrected chi connectivity index (χ2v) is 10.6. The number of piperidine rings is 1. The minimum atomic E-state index is 0.391. The molecule has 1 heterocycles. The van der Waals surface area contributed by atoms with Gasteiger partial charge in [0.2, 0.25) is 5.91 Å². The summed E-state index contributed by atoms with van der Waals surface area (Å²) in [6, 6.07) is 11.0. The molecule has 2 fully saturated rings. The van der Waals surface area contributed by atoms with Crippen LogP contribution in [-0.4, -0.2) is 51.2 Å². The molecule has 2 aliphatic rings. The number of carbonyl (C=O) groups is 1. The lowest BCUT2D eigenvalue weighted by Gasteiger charge is -2.38. The Morgan fingerprint density at radius 3 is 2.61 bits per heavy atom. The second kappa shape index (κ2) is 14.8. The van der Waals surface area contributed by atoms with E-state index in [1.807, 2.05) is 7.05 Å². The molecule has 33 heavy (non-hydrogen) atoms. The number of hydrogen-bond donors (Lipinski definition) is 1. The summed E-state index contributed by atoms with van der Waals surface area (Å²) in [5.41, 5.74) is 1.44. The number of nitrogens with one attached hydrogen (secondary N) is 1. The first kappa shape index (κ1) is 26.2. The van der Waals surface area contributed by atoms with Crippen molar-refractivity contribution in [2.24, 2.45) is 17.8 Å². The molecule has 4 heteroatoms. The number of nitrogens with zero attached hydrogens (tertiary/aromatic N) is 1. The van der Waals surface area contributed by atoms with E-state index in [0.29, 0.717) is 30.1 Å². The third-order valence-electron chi connectivity index (χ3n) is 8.07. The van der Waals surface area contributed by atoms with Crippen LogP contribution in [0.5, 0.6) is 0 Å². The molecule has 1 aliphatic carbocycles. The van der Waals surface area contributed by atoms with Crippen molar-refractivity contribution in [2.75, 3.05) is 40.4 Å². The minimum Gasteiger partial charge on any atom is -0.385 e. The van der Waals surface area contributed by atoms with Gasteiger partial charge in [-0.25, -0.2) is 0 Å². The number of amides is 1. The van der Waals surface area contributed by atoms with Gasteiger partial charge >= 0.3 is 0 Å². The van der Waals surface area contributed by atoms with Crippen LogP contribution in [0.3, 0.4) is 0 Å². The summed E-state index contributed by atoms with van der Waals surface area (Å²) >= 11 is 0. The van der Waals surface area contributed by atoms with Gasteiger partial charge < -0.3 is 15.0 Å². The minimum absolute atomic E-state index is 0.391. The van der Waals surface area contributed by atoms with E-state index in [-0.39, 0.29) is 0 Å². The maximum Gasteiger partial charge on any atom is 0.222 e. The average Bonchev–Trinajstić information content (AvgIpc) is 2.85. The Morgan fingerprint density at radius 1 is 1.09 bits per heavy atom. The monoisotopic (exact) mass is 456 g/mol. The van der Waals surface area contributed by atoms with Crippen molar-refractivity contribution in [3.8, 4) is 0 Å². The van der Waals surface area contributed by atoms with Crippen molar-refractivity contribution in [1.29, 1.82) is 0 Å². The smallest absolute Gasteiger partial charge is 0.222 e. The SMILES string of the molecule is CNC[C@@H](CC(=O)N1CCC[C@@H]([C@@H](CCCCOC)c2ccccc2)C1)CC1CCCCC1. The summed E-state index contributed by atoms with van der Waals surface area (Å²) in [5, 5.41) is 3.37. The first-order valence-electron chi connectivity index (χ1n) is 13.7. The number of carbonyl (C=O) groups excluding carboxylic acids is 1. The molecule has 3 rings (SSSR count). The number of rotatable bonds is 13. The van der Waals surface area contributed by atoms with Crippen LogP contribution in [0, 0.1) is 17.8 Å². The van der Waals surface area contributed by atoms with E-state index >= 15 is 0 Å². The molecule has 1 aromatic carbocycles. The Bertz CT molecular complexity index is 659. The molecular formula is C29H48N2O2. The molecule has 0 aromatic heterocycles. The van der Waals surface area contributed by atoms with Crippen LogP contribution in [0.25, 0.3) is 0 Å². The van der Waals surface area contributed by atoms with Crippen LogP contribution in [0.4, 0.5) is 0 Å². The second-order valence-electron chi connectivity index (χ2n) is 10.6. The summed E-state index contributed by atoms with van der Waals surface area (Å²) in [5.74, 6) is 2.79. The van der Waals surface area contributed by atoms with Gasteiger partial charge in [0.15, 0.2) is 0 Å². The van der Waals surface area contributed by atoms with Gasteiger partial charge in [-0.2, -0.15) is 0 Å². The van der Waals surface area contributed by atoms with E-state index in [2.05, 4.69) is 40.5 Å². The van der Waals surface area contributed by atoms with Gasteiger partial charge in [-0.05, 0) is 74.9 Å². The average molecular weight is 457 g/mol. The number of likely N-dealkylation sites (tertiary alicyclic amines) is 1. The fourth-order valence-corrected chi connectivity index (χ4v) is 6.35. The number of methoxy groups -OCH3 is 1. The zero-order valence-corrected chi connectivity index (χ0v) is 21.3. The third-order valence-corrected chi connectivity index (χ3v) is 8.07. The highest BCUT2D eigenvalue weighted by Crippen LogP contribution is 2.36. The molecule has 1 amide bonds. The molecule has 1 aliphatic heterocycles. The van der Waals surface area contributed by atoms with Crippen molar-refractivity contribution in [1.82, 2.24) is 10.2 Å². The molecule has 0 unspecified atom stereocenters. The Kier molecular flexibility index (Phi) is 11.7. The van der Waals surface area contributed by atoms with Gasteiger partial charge in [-0.3, -0.25) is 4.79 Å². The molecular weight excluding hydrogens is 408 g/mol. The standard InChI is InChI=1S/C29H48N2O2/c1-30-22-25(20-24-12-5-3-6-13-24)21-29(32)31-18-11-16-27(23-31)28(17-9-10-19-33-2)26-14-7-4-8-15-26/h4,7-8,14-15,24-25,27-28,30H,3,5-6,9-13,16-23H2,1-2H3/t25-,27-,28+/m1/s1. The zero-order valence-electron chi connectivity index (χ0n) is 21.3. The maximum absolute atomic E-state index is 13.4. The zero-order chi connectivity index (χ0) is 23.3. The fraction of sp³-hybridized carbons (Fsp3) is 0.759. The van der Waals surface area contributed by atoms with Crippen LogP contribution < -0.4 is 5.32 Å². The van der Waals surface area contributed by atoms with E-state index in [1.165, 1.54) is 63.4 Å². The van der Waals surface area contributed by atoms with Gasteiger partial charge in [0.25, 0.3) is 0 Å². The molecule has 4 nitrogen and oxygen atoms in total. The lowest BCUT2D eigenvalue weighted by Crippen LogP contribution is -2.43. The highest BCUT2D eigenvalue weighted by atomic mass is 16.5. The van der Waals surface area contributed by atoms with Crippen LogP contribution in [0.1, 0.15) is 88.5 Å². The predicted octanol–water partition coefficient (Wildman–Crippen LogP) is 6.02. The number of benzene rings is 1. The summed E-state index contributed by atoms with van der Waals surface area (Å²) in [6.07, 6.45) is 14.7. The highest BCUT2D eigenvalue weighted by molar-refractivity contribution is 5.76. The topological polar surface area (TPSA) is 41.6 Å². The molecule has 0 radical (unpaired) electrons. The predicted molar refractivity (Wildman–Crippen MR) is 137 cm³/mol. The van der Waals surface area contributed by atoms with Gasteiger partial charge in [-0.15, -0.1) is 0 Å². The fourth-order valence-electron chi connectivity index (χ4n) is 6.35. The van der Waals surface area contributed by atoms with Crippen LogP contribution in [0.15, 0.2) is 30.3 Å². The van der Waals surface area contributed by atoms with Gasteiger partial charge in [0.05, 0.1) is 0 Å². The molecule has 1 N–H and O–H groups in total. The maximum atomic E-state index is 13.4. The molecule has 186 valence electrons. The first-order valence-corrected chi connectivity index (χ1v) is 13.7. The van der Waals surface area contributed by atoms with Gasteiger partial charge in [0, 0.05) is 33.2 Å². The van der Waals surface area contributed by atoms with E-state index < -0.39 is 0 Å². The number of unbranched alkanes of at least 4 members (excludes halogenated alkanes) is 1. The molecule has 0 spiro atoms. The molecule has 1 saturated heterocycles. The Morgan fingerprint density at radius 2 is 1.88 bits per heavy atom. The quantitative estimate of drug-likeness (QED) is 0.369. The molecule has 1 aromatic rings. The van der Waals surface area contributed by atoms with Gasteiger partial charge in [-0.1, -0.05) is 68.9 Å². The van der Waals surface area contributed by atoms with Crippen molar-refractivity contribution in [3.05, 3.63) is 35.9 Å². The summed E-state index contributed by atoms with van der Waals surface area (Å²) in [6.45, 7) is 3.67. The summed E-state index contributed by atoms with van der Waals surface area (Å²) in [7, 11) is 3.82. The molecule has 3 atom stereocenters. The third kappa shape index (κ3) is 8.72. The van der Waals surface area contributed by atoms with E-state index in [4.69, 9.17) is 4.74 Å². The number of ether oxygens (including phenoxy) is 1. The first-order chi connectivity index (χ1) is 16.2. The lowest BCUT2D eigenvalue weighted by molar-refractivity contribution is -0.134. The summed E-state index contributed by atoms with van der Waals surface area (Å²) < 4.78 is 5.28. The lowest BCUT2D eigenvalue weighted by atomic mass is 9.78. The van der Waals surface area contributed by atoms with Crippen molar-refractivity contribution < 1.29 is 9.53 Å². The Balaban J connectivity index is 1.59. The van der Waals surface area contributed by atoms with Crippen molar-refractivity contribution in [3.63, 3.8) is 0 Å². The van der Waals surface area contributed by atoms with Crippen LogP contribution in [-0.2, 0) is 9.53 Å². The summed E-state index contributed by atoms with van der Waals surface area (Å²) in [4.78, 5) is 15.6. The van der Waals surface area contributed by atoms with Crippen molar-refractivity contribution >= 4 is 5.91 Å². The van der Waals surface area contributed by atoms with E-state index in [1.54, 1.807) is 7.11 Å². The number of hydrogen-bond acceptors (Lipinski definition) is 3. The Labute approximate surface area is 202 Å². The normalized spacial score (nSPS) is 21.6. The van der Waals surface area contributed by atoms with Crippen LogP contribution in [0.2, 0.25) is 0 Å². The highest BCUT2D eigenvalue weighted by Gasteiger charge is 2.31. The van der Waals surface area contributed by atoms with Gasteiger partial charge in [0.1, 0.15) is 0 Å². The molecule has 0 bridgehead atoms.